The Bertz CT molecular complexity index is 208. The van der Waals surface area contributed by atoms with Gasteiger partial charge in [-0.2, -0.15) is 0 Å². The number of aliphatic hydroxyl groups is 1. The van der Waals surface area contributed by atoms with E-state index in [4.69, 9.17) is 5.11 Å². The van der Waals surface area contributed by atoms with Gasteiger partial charge in [0.1, 0.15) is 0 Å². The van der Waals surface area contributed by atoms with Crippen molar-refractivity contribution in [2.45, 2.75) is 123 Å². The molecule has 23 heavy (non-hydrogen) atoms. The molecule has 0 aromatic rings. The lowest BCUT2D eigenvalue weighted by Crippen LogP contribution is -2.28. The zero-order valence-electron chi connectivity index (χ0n) is 16.3. The van der Waals surface area contributed by atoms with Crippen LogP contribution in [0.25, 0.3) is 0 Å². The molecular weight excluding hydrogens is 282 g/mol. The lowest BCUT2D eigenvalue weighted by molar-refractivity contribution is 0.283. The van der Waals surface area contributed by atoms with Crippen molar-refractivity contribution in [1.29, 1.82) is 0 Å². The number of hydrogen-bond acceptors (Lipinski definition) is 2. The third kappa shape index (κ3) is 19.9. The maximum atomic E-state index is 8.76. The second kappa shape index (κ2) is 20.0. The molecule has 2 nitrogen and oxygen atoms in total. The second-order valence-corrected chi connectivity index (χ2v) is 7.32. The van der Waals surface area contributed by atoms with Gasteiger partial charge >= 0.3 is 0 Å². The average molecular weight is 328 g/mol. The van der Waals surface area contributed by atoms with Crippen molar-refractivity contribution in [2.75, 3.05) is 13.2 Å². The molecule has 1 unspecified atom stereocenters. The summed E-state index contributed by atoms with van der Waals surface area (Å²) in [5, 5.41) is 12.1. The number of unbranched alkanes of at least 4 members (excludes halogenated alkanes) is 14. The van der Waals surface area contributed by atoms with Gasteiger partial charge in [-0.1, -0.05) is 103 Å². The van der Waals surface area contributed by atoms with E-state index in [0.29, 0.717) is 6.04 Å². The molecule has 0 saturated carbocycles. The molecule has 0 heterocycles. The summed E-state index contributed by atoms with van der Waals surface area (Å²) in [7, 11) is 0. The van der Waals surface area contributed by atoms with Crippen molar-refractivity contribution in [1.82, 2.24) is 5.32 Å². The van der Waals surface area contributed by atoms with Gasteiger partial charge in [0, 0.05) is 12.6 Å². The molecule has 2 heteroatoms. The summed E-state index contributed by atoms with van der Waals surface area (Å²) < 4.78 is 0. The topological polar surface area (TPSA) is 32.3 Å². The maximum absolute atomic E-state index is 8.76. The molecule has 0 rings (SSSR count). The van der Waals surface area contributed by atoms with E-state index in [0.717, 1.165) is 6.54 Å². The van der Waals surface area contributed by atoms with Crippen LogP contribution in [0.1, 0.15) is 117 Å². The van der Waals surface area contributed by atoms with Crippen LogP contribution >= 0.6 is 0 Å². The fourth-order valence-electron chi connectivity index (χ4n) is 3.23. The van der Waals surface area contributed by atoms with Crippen LogP contribution < -0.4 is 5.32 Å². The van der Waals surface area contributed by atoms with Gasteiger partial charge in [-0.25, -0.2) is 0 Å². The quantitative estimate of drug-likeness (QED) is 0.276. The van der Waals surface area contributed by atoms with Gasteiger partial charge in [-0.15, -0.1) is 0 Å². The molecule has 0 aliphatic rings. The van der Waals surface area contributed by atoms with Crippen LogP contribution in [0.4, 0.5) is 0 Å². The van der Waals surface area contributed by atoms with E-state index in [1.54, 1.807) is 0 Å². The Morgan fingerprint density at radius 1 is 0.652 bits per heavy atom. The molecule has 0 saturated heterocycles. The summed E-state index contributed by atoms with van der Waals surface area (Å²) in [6.07, 6.45) is 22.7. The summed E-state index contributed by atoms with van der Waals surface area (Å²) >= 11 is 0. The van der Waals surface area contributed by atoms with E-state index in [9.17, 15) is 0 Å². The molecular formula is C21H45NO. The van der Waals surface area contributed by atoms with Gasteiger partial charge in [0.2, 0.25) is 0 Å². The number of rotatable bonds is 19. The summed E-state index contributed by atoms with van der Waals surface area (Å²) in [5.74, 6) is 0. The van der Waals surface area contributed by atoms with Gasteiger partial charge < -0.3 is 10.4 Å². The fraction of sp³-hybridized carbons (Fsp3) is 1.00. The summed E-state index contributed by atoms with van der Waals surface area (Å²) in [6.45, 7) is 5.50. The first-order valence-electron chi connectivity index (χ1n) is 10.7. The van der Waals surface area contributed by atoms with Crippen molar-refractivity contribution < 1.29 is 5.11 Å². The van der Waals surface area contributed by atoms with Crippen molar-refractivity contribution in [3.05, 3.63) is 0 Å². The summed E-state index contributed by atoms with van der Waals surface area (Å²) in [5.41, 5.74) is 0. The number of nitrogens with one attached hydrogen (secondary N) is 1. The standard InChI is InChI=1S/C21H45NO/c1-3-4-5-6-7-8-9-10-11-12-13-14-15-16-17-18-21(2)22-19-20-23/h21-23H,3-20H2,1-2H3. The fourth-order valence-corrected chi connectivity index (χ4v) is 3.23. The lowest BCUT2D eigenvalue weighted by Gasteiger charge is -2.12. The second-order valence-electron chi connectivity index (χ2n) is 7.32. The highest BCUT2D eigenvalue weighted by Crippen LogP contribution is 2.13. The van der Waals surface area contributed by atoms with Crippen LogP contribution in [-0.4, -0.2) is 24.3 Å². The molecule has 0 bridgehead atoms. The smallest absolute Gasteiger partial charge is 0.0556 e. The first-order chi connectivity index (χ1) is 11.3. The predicted octanol–water partition coefficient (Wildman–Crippen LogP) is 6.22. The normalized spacial score (nSPS) is 12.7. The monoisotopic (exact) mass is 327 g/mol. The number of aliphatic hydroxyl groups excluding tert-OH is 1. The molecule has 0 spiro atoms. The minimum Gasteiger partial charge on any atom is -0.395 e. The van der Waals surface area contributed by atoms with E-state index in [1.165, 1.54) is 103 Å². The SMILES string of the molecule is CCCCCCCCCCCCCCCCCC(C)NCCO. The highest BCUT2D eigenvalue weighted by Gasteiger charge is 2.00. The van der Waals surface area contributed by atoms with Crippen LogP contribution in [0.15, 0.2) is 0 Å². The van der Waals surface area contributed by atoms with Crippen molar-refractivity contribution in [2.24, 2.45) is 0 Å². The molecule has 0 aromatic carbocycles. The first-order valence-corrected chi connectivity index (χ1v) is 10.7. The largest absolute Gasteiger partial charge is 0.395 e. The third-order valence-electron chi connectivity index (χ3n) is 4.85. The first kappa shape index (κ1) is 22.9. The predicted molar refractivity (Wildman–Crippen MR) is 104 cm³/mol. The minimum absolute atomic E-state index is 0.253. The average Bonchev–Trinajstić information content (AvgIpc) is 2.56. The molecule has 0 aliphatic heterocycles. The van der Waals surface area contributed by atoms with Gasteiger partial charge in [-0.05, 0) is 13.3 Å². The zero-order chi connectivity index (χ0) is 17.0. The number of hydrogen-bond donors (Lipinski definition) is 2. The Kier molecular flexibility index (Phi) is 19.9. The van der Waals surface area contributed by atoms with Crippen molar-refractivity contribution in [3.8, 4) is 0 Å². The Morgan fingerprint density at radius 3 is 1.43 bits per heavy atom. The maximum Gasteiger partial charge on any atom is 0.0556 e. The summed E-state index contributed by atoms with van der Waals surface area (Å²) in [4.78, 5) is 0. The highest BCUT2D eigenvalue weighted by atomic mass is 16.3. The van der Waals surface area contributed by atoms with E-state index in [2.05, 4.69) is 19.2 Å². The Balaban J connectivity index is 3.02. The minimum atomic E-state index is 0.253. The van der Waals surface area contributed by atoms with Crippen LogP contribution in [0.2, 0.25) is 0 Å². The lowest BCUT2D eigenvalue weighted by atomic mass is 10.0. The van der Waals surface area contributed by atoms with Gasteiger partial charge in [0.05, 0.1) is 6.61 Å². The van der Waals surface area contributed by atoms with Crippen LogP contribution in [0, 0.1) is 0 Å². The van der Waals surface area contributed by atoms with Crippen LogP contribution in [0.3, 0.4) is 0 Å². The highest BCUT2D eigenvalue weighted by molar-refractivity contribution is 4.60. The van der Waals surface area contributed by atoms with E-state index >= 15 is 0 Å². The Labute approximate surface area is 146 Å². The van der Waals surface area contributed by atoms with Gasteiger partial charge in [-0.3, -0.25) is 0 Å². The molecule has 0 fully saturated rings. The molecule has 0 aliphatic carbocycles. The van der Waals surface area contributed by atoms with Crippen molar-refractivity contribution >= 4 is 0 Å². The van der Waals surface area contributed by atoms with E-state index < -0.39 is 0 Å². The van der Waals surface area contributed by atoms with Crippen molar-refractivity contribution in [3.63, 3.8) is 0 Å². The van der Waals surface area contributed by atoms with Crippen LogP contribution in [-0.2, 0) is 0 Å². The Morgan fingerprint density at radius 2 is 1.04 bits per heavy atom. The zero-order valence-corrected chi connectivity index (χ0v) is 16.3. The molecule has 0 amide bonds. The molecule has 0 aromatic heterocycles. The van der Waals surface area contributed by atoms with Gasteiger partial charge in [0.25, 0.3) is 0 Å². The van der Waals surface area contributed by atoms with Gasteiger partial charge in [0.15, 0.2) is 0 Å². The molecule has 140 valence electrons. The van der Waals surface area contributed by atoms with Crippen LogP contribution in [0.5, 0.6) is 0 Å². The third-order valence-corrected chi connectivity index (χ3v) is 4.85. The van der Waals surface area contributed by atoms with E-state index in [1.807, 2.05) is 0 Å². The molecule has 0 radical (unpaired) electrons. The van der Waals surface area contributed by atoms with E-state index in [-0.39, 0.29) is 6.61 Å². The molecule has 2 N–H and O–H groups in total. The Hall–Kier alpha value is -0.0800. The summed E-state index contributed by atoms with van der Waals surface area (Å²) in [6, 6.07) is 0.559. The molecule has 1 atom stereocenters.